The van der Waals surface area contributed by atoms with Gasteiger partial charge in [-0.25, -0.2) is 0 Å². The van der Waals surface area contributed by atoms with Crippen molar-refractivity contribution >= 4 is 5.91 Å². The first kappa shape index (κ1) is 18.3. The standard InChI is InChI=1S/C18H20F3N3O2/c1-12-3-5-13(6-4-12)26-14-7-9-24(10-8-14)17(25)15-11-16(18(19,20)21)22-23(15)2/h3-6,11,14H,7-10H2,1-2H3. The van der Waals surface area contributed by atoms with Crippen molar-refractivity contribution in [1.82, 2.24) is 14.7 Å². The van der Waals surface area contributed by atoms with Crippen LogP contribution in [0.3, 0.4) is 0 Å². The summed E-state index contributed by atoms with van der Waals surface area (Å²) in [6.07, 6.45) is -3.32. The molecule has 1 aliphatic heterocycles. The number of piperidine rings is 1. The number of amides is 1. The van der Waals surface area contributed by atoms with Gasteiger partial charge < -0.3 is 9.64 Å². The molecule has 140 valence electrons. The Morgan fingerprint density at radius 2 is 1.81 bits per heavy atom. The monoisotopic (exact) mass is 367 g/mol. The molecule has 0 unspecified atom stereocenters. The Bertz CT molecular complexity index is 776. The van der Waals surface area contributed by atoms with Gasteiger partial charge in [0.2, 0.25) is 0 Å². The van der Waals surface area contributed by atoms with Gasteiger partial charge >= 0.3 is 6.18 Å². The van der Waals surface area contributed by atoms with Crippen molar-refractivity contribution in [2.24, 2.45) is 7.05 Å². The van der Waals surface area contributed by atoms with E-state index in [2.05, 4.69) is 5.10 Å². The number of likely N-dealkylation sites (tertiary alicyclic amines) is 1. The molecule has 1 aliphatic rings. The Morgan fingerprint density at radius 1 is 1.19 bits per heavy atom. The van der Waals surface area contributed by atoms with Crippen molar-refractivity contribution in [2.45, 2.75) is 32.0 Å². The number of hydrogen-bond acceptors (Lipinski definition) is 3. The Kier molecular flexibility index (Phi) is 4.93. The highest BCUT2D eigenvalue weighted by molar-refractivity contribution is 5.92. The first-order valence-electron chi connectivity index (χ1n) is 8.38. The molecule has 5 nitrogen and oxygen atoms in total. The number of alkyl halides is 3. The second kappa shape index (κ2) is 7.01. The first-order valence-corrected chi connectivity index (χ1v) is 8.38. The van der Waals surface area contributed by atoms with Crippen LogP contribution in [0.25, 0.3) is 0 Å². The number of benzene rings is 1. The Morgan fingerprint density at radius 3 is 2.35 bits per heavy atom. The van der Waals surface area contributed by atoms with Gasteiger partial charge in [0.05, 0.1) is 0 Å². The lowest BCUT2D eigenvalue weighted by Gasteiger charge is -2.32. The number of aromatic nitrogens is 2. The lowest BCUT2D eigenvalue weighted by atomic mass is 10.1. The third-order valence-electron chi connectivity index (χ3n) is 4.44. The van der Waals surface area contributed by atoms with E-state index in [0.29, 0.717) is 25.9 Å². The van der Waals surface area contributed by atoms with Crippen LogP contribution < -0.4 is 4.74 Å². The summed E-state index contributed by atoms with van der Waals surface area (Å²) in [4.78, 5) is 14.1. The molecule has 0 aliphatic carbocycles. The molecule has 0 saturated carbocycles. The predicted octanol–water partition coefficient (Wildman–Crippen LogP) is 3.43. The summed E-state index contributed by atoms with van der Waals surface area (Å²) < 4.78 is 45.2. The molecule has 0 N–H and O–H groups in total. The molecule has 0 radical (unpaired) electrons. The average molecular weight is 367 g/mol. The lowest BCUT2D eigenvalue weighted by molar-refractivity contribution is -0.141. The third kappa shape index (κ3) is 4.00. The van der Waals surface area contributed by atoms with E-state index in [9.17, 15) is 18.0 Å². The van der Waals surface area contributed by atoms with E-state index in [1.807, 2.05) is 31.2 Å². The minimum absolute atomic E-state index is 0.0148. The molecule has 1 fully saturated rings. The summed E-state index contributed by atoms with van der Waals surface area (Å²) in [6.45, 7) is 2.86. The molecule has 0 atom stereocenters. The van der Waals surface area contributed by atoms with Gasteiger partial charge in [-0.2, -0.15) is 18.3 Å². The molecule has 1 aromatic carbocycles. The van der Waals surface area contributed by atoms with E-state index < -0.39 is 17.8 Å². The van der Waals surface area contributed by atoms with E-state index in [1.165, 1.54) is 7.05 Å². The second-order valence-electron chi connectivity index (χ2n) is 6.46. The molecule has 0 spiro atoms. The van der Waals surface area contributed by atoms with Crippen LogP contribution in [0.4, 0.5) is 13.2 Å². The summed E-state index contributed by atoms with van der Waals surface area (Å²) in [5.41, 5.74) is 0.0309. The van der Waals surface area contributed by atoms with Gasteiger partial charge in [-0.05, 0) is 19.1 Å². The third-order valence-corrected chi connectivity index (χ3v) is 4.44. The molecule has 26 heavy (non-hydrogen) atoms. The fourth-order valence-corrected chi connectivity index (χ4v) is 2.95. The molecule has 3 rings (SSSR count). The van der Waals surface area contributed by atoms with E-state index in [-0.39, 0.29) is 11.8 Å². The Labute approximate surface area is 149 Å². The highest BCUT2D eigenvalue weighted by Gasteiger charge is 2.36. The predicted molar refractivity (Wildman–Crippen MR) is 88.9 cm³/mol. The molecule has 2 aromatic rings. The van der Waals surface area contributed by atoms with Crippen LogP contribution >= 0.6 is 0 Å². The van der Waals surface area contributed by atoms with Crippen LogP contribution in [-0.2, 0) is 13.2 Å². The summed E-state index contributed by atoms with van der Waals surface area (Å²) in [7, 11) is 1.34. The number of ether oxygens (including phenoxy) is 1. The number of carbonyl (C=O) groups is 1. The molecule has 1 saturated heterocycles. The van der Waals surface area contributed by atoms with Gasteiger partial charge in [0.15, 0.2) is 5.69 Å². The summed E-state index contributed by atoms with van der Waals surface area (Å²) in [5, 5.41) is 3.40. The minimum Gasteiger partial charge on any atom is -0.490 e. The van der Waals surface area contributed by atoms with Crippen LogP contribution in [0.15, 0.2) is 30.3 Å². The fourth-order valence-electron chi connectivity index (χ4n) is 2.95. The van der Waals surface area contributed by atoms with Crippen molar-refractivity contribution in [2.75, 3.05) is 13.1 Å². The van der Waals surface area contributed by atoms with Gasteiger partial charge in [0.1, 0.15) is 17.5 Å². The average Bonchev–Trinajstić information content (AvgIpc) is 2.99. The number of halogens is 3. The smallest absolute Gasteiger partial charge is 0.435 e. The van der Waals surface area contributed by atoms with Crippen molar-refractivity contribution in [1.29, 1.82) is 0 Å². The van der Waals surface area contributed by atoms with Gasteiger partial charge in [0.25, 0.3) is 5.91 Å². The van der Waals surface area contributed by atoms with E-state index in [0.717, 1.165) is 22.1 Å². The summed E-state index contributed by atoms with van der Waals surface area (Å²) in [5.74, 6) is 0.339. The number of carbonyl (C=O) groups excluding carboxylic acids is 1. The van der Waals surface area contributed by atoms with Gasteiger partial charge in [-0.15, -0.1) is 0 Å². The van der Waals surface area contributed by atoms with Crippen molar-refractivity contribution in [3.05, 3.63) is 47.3 Å². The molecule has 2 heterocycles. The molecular weight excluding hydrogens is 347 g/mol. The van der Waals surface area contributed by atoms with E-state index in [1.54, 1.807) is 4.90 Å². The maximum Gasteiger partial charge on any atom is 0.435 e. The highest BCUT2D eigenvalue weighted by atomic mass is 19.4. The molecule has 1 amide bonds. The fraction of sp³-hybridized carbons (Fsp3) is 0.444. The van der Waals surface area contributed by atoms with Crippen LogP contribution in [-0.4, -0.2) is 39.8 Å². The topological polar surface area (TPSA) is 47.4 Å². The van der Waals surface area contributed by atoms with Gasteiger partial charge in [-0.1, -0.05) is 17.7 Å². The van der Waals surface area contributed by atoms with Crippen molar-refractivity contribution in [3.63, 3.8) is 0 Å². The van der Waals surface area contributed by atoms with Crippen LogP contribution in [0.2, 0.25) is 0 Å². The minimum atomic E-state index is -4.56. The number of nitrogens with zero attached hydrogens (tertiary/aromatic N) is 3. The largest absolute Gasteiger partial charge is 0.490 e. The summed E-state index contributed by atoms with van der Waals surface area (Å²) in [6, 6.07) is 8.54. The van der Waals surface area contributed by atoms with E-state index >= 15 is 0 Å². The Hall–Kier alpha value is -2.51. The van der Waals surface area contributed by atoms with Crippen LogP contribution in [0.5, 0.6) is 5.75 Å². The highest BCUT2D eigenvalue weighted by Crippen LogP contribution is 2.29. The van der Waals surface area contributed by atoms with Crippen LogP contribution in [0.1, 0.15) is 34.6 Å². The number of hydrogen-bond donors (Lipinski definition) is 0. The maximum atomic E-state index is 12.8. The first-order chi connectivity index (χ1) is 12.2. The summed E-state index contributed by atoms with van der Waals surface area (Å²) >= 11 is 0. The van der Waals surface area contributed by atoms with Crippen LogP contribution in [0, 0.1) is 6.92 Å². The quantitative estimate of drug-likeness (QED) is 0.835. The maximum absolute atomic E-state index is 12.8. The molecular formula is C18H20F3N3O2. The number of rotatable bonds is 3. The van der Waals surface area contributed by atoms with E-state index in [4.69, 9.17) is 4.74 Å². The van der Waals surface area contributed by atoms with Crippen molar-refractivity contribution < 1.29 is 22.7 Å². The van der Waals surface area contributed by atoms with Crippen molar-refractivity contribution in [3.8, 4) is 5.75 Å². The van der Waals surface area contributed by atoms with Gasteiger partial charge in [-0.3, -0.25) is 9.48 Å². The molecule has 0 bridgehead atoms. The lowest BCUT2D eigenvalue weighted by Crippen LogP contribution is -2.42. The second-order valence-corrected chi connectivity index (χ2v) is 6.46. The SMILES string of the molecule is Cc1ccc(OC2CCN(C(=O)c3cc(C(F)(F)F)nn3C)CC2)cc1. The zero-order valence-electron chi connectivity index (χ0n) is 14.6. The zero-order chi connectivity index (χ0) is 18.9. The molecule has 1 aromatic heterocycles. The zero-order valence-corrected chi connectivity index (χ0v) is 14.6. The normalized spacial score (nSPS) is 16.0. The number of aryl methyl sites for hydroxylation is 2. The molecule has 8 heteroatoms. The Balaban J connectivity index is 1.60. The van der Waals surface area contributed by atoms with Gasteiger partial charge in [0, 0.05) is 39.0 Å².